The van der Waals surface area contributed by atoms with Crippen molar-refractivity contribution in [2.75, 3.05) is 0 Å². The number of carboxylic acid groups (broad SMARTS) is 1. The van der Waals surface area contributed by atoms with Gasteiger partial charge in [-0.1, -0.05) is 23.2 Å². The molecule has 0 saturated heterocycles. The van der Waals surface area contributed by atoms with Crippen molar-refractivity contribution in [1.29, 1.82) is 0 Å². The summed E-state index contributed by atoms with van der Waals surface area (Å²) in [5.41, 5.74) is 2.63. The predicted octanol–water partition coefficient (Wildman–Crippen LogP) is 3.69. The number of carbonyl (C=O) groups is 1. The molecule has 2 rings (SSSR count). The lowest BCUT2D eigenvalue weighted by Crippen LogP contribution is -2.08. The lowest BCUT2D eigenvalue weighted by atomic mass is 10.1. The first kappa shape index (κ1) is 14.8. The summed E-state index contributed by atoms with van der Waals surface area (Å²) in [7, 11) is 0. The zero-order valence-electron chi connectivity index (χ0n) is 10.9. The molecule has 0 spiro atoms. The molecule has 0 amide bonds. The van der Waals surface area contributed by atoms with Crippen LogP contribution >= 0.6 is 23.2 Å². The van der Waals surface area contributed by atoms with Crippen molar-refractivity contribution < 1.29 is 9.90 Å². The van der Waals surface area contributed by atoms with Crippen molar-refractivity contribution in [2.24, 2.45) is 0 Å². The lowest BCUT2D eigenvalue weighted by Gasteiger charge is -2.10. The summed E-state index contributed by atoms with van der Waals surface area (Å²) in [6, 6.07) is 5.07. The average Bonchev–Trinajstić information content (AvgIpc) is 2.32. The van der Waals surface area contributed by atoms with Gasteiger partial charge < -0.3 is 5.11 Å². The molecule has 2 aromatic rings. The second-order valence-corrected chi connectivity index (χ2v) is 5.30. The largest absolute Gasteiger partial charge is 0.481 e. The van der Waals surface area contributed by atoms with E-state index in [-0.39, 0.29) is 6.42 Å². The van der Waals surface area contributed by atoms with E-state index in [4.69, 9.17) is 28.3 Å². The lowest BCUT2D eigenvalue weighted by molar-refractivity contribution is -0.136. The highest BCUT2D eigenvalue weighted by Gasteiger charge is 2.13. The third kappa shape index (κ3) is 3.26. The SMILES string of the molecule is Cc1nc(-c2cc(Cl)cc(Cl)c2)nc(C)c1CC(=O)O. The van der Waals surface area contributed by atoms with E-state index in [0.29, 0.717) is 38.4 Å². The summed E-state index contributed by atoms with van der Waals surface area (Å²) in [5, 5.41) is 9.89. The molecule has 1 heterocycles. The first-order valence-electron chi connectivity index (χ1n) is 5.89. The number of halogens is 2. The monoisotopic (exact) mass is 310 g/mol. The van der Waals surface area contributed by atoms with Crippen molar-refractivity contribution in [3.8, 4) is 11.4 Å². The summed E-state index contributed by atoms with van der Waals surface area (Å²) in [6.07, 6.45) is -0.0890. The Morgan fingerprint density at radius 2 is 1.60 bits per heavy atom. The van der Waals surface area contributed by atoms with Gasteiger partial charge >= 0.3 is 5.97 Å². The van der Waals surface area contributed by atoms with E-state index in [2.05, 4.69) is 9.97 Å². The molecular weight excluding hydrogens is 299 g/mol. The van der Waals surface area contributed by atoms with Gasteiger partial charge in [-0.3, -0.25) is 4.79 Å². The Labute approximate surface area is 126 Å². The number of benzene rings is 1. The summed E-state index contributed by atoms with van der Waals surface area (Å²) < 4.78 is 0. The van der Waals surface area contributed by atoms with E-state index >= 15 is 0 Å². The minimum atomic E-state index is -0.904. The molecule has 0 fully saturated rings. The minimum Gasteiger partial charge on any atom is -0.481 e. The topological polar surface area (TPSA) is 63.1 Å². The fourth-order valence-corrected chi connectivity index (χ4v) is 2.48. The van der Waals surface area contributed by atoms with Crippen molar-refractivity contribution >= 4 is 29.2 Å². The van der Waals surface area contributed by atoms with Crippen LogP contribution < -0.4 is 0 Å². The van der Waals surface area contributed by atoms with Crippen LogP contribution in [0.25, 0.3) is 11.4 Å². The predicted molar refractivity (Wildman–Crippen MR) is 78.3 cm³/mol. The van der Waals surface area contributed by atoms with Crippen LogP contribution in [-0.4, -0.2) is 21.0 Å². The van der Waals surface area contributed by atoms with Gasteiger partial charge in [0.1, 0.15) is 0 Å². The van der Waals surface area contributed by atoms with E-state index < -0.39 is 5.97 Å². The van der Waals surface area contributed by atoms with E-state index in [9.17, 15) is 4.79 Å². The molecule has 0 aliphatic heterocycles. The van der Waals surface area contributed by atoms with Gasteiger partial charge in [0.25, 0.3) is 0 Å². The van der Waals surface area contributed by atoms with Crippen LogP contribution in [0.4, 0.5) is 0 Å². The fraction of sp³-hybridized carbons (Fsp3) is 0.214. The highest BCUT2D eigenvalue weighted by Crippen LogP contribution is 2.26. The minimum absolute atomic E-state index is 0.0890. The van der Waals surface area contributed by atoms with Gasteiger partial charge in [0.05, 0.1) is 6.42 Å². The maximum absolute atomic E-state index is 10.8. The molecule has 0 saturated carbocycles. The molecule has 1 N–H and O–H groups in total. The van der Waals surface area contributed by atoms with Crippen LogP contribution in [0.15, 0.2) is 18.2 Å². The molecular formula is C14H12Cl2N2O2. The third-order valence-electron chi connectivity index (χ3n) is 2.87. The Hall–Kier alpha value is -1.65. The van der Waals surface area contributed by atoms with Gasteiger partial charge in [0.2, 0.25) is 0 Å². The maximum Gasteiger partial charge on any atom is 0.307 e. The van der Waals surface area contributed by atoms with Crippen LogP contribution in [-0.2, 0) is 11.2 Å². The van der Waals surface area contributed by atoms with Crippen LogP contribution in [0.3, 0.4) is 0 Å². The fourth-order valence-electron chi connectivity index (χ4n) is 1.96. The third-order valence-corrected chi connectivity index (χ3v) is 3.31. The van der Waals surface area contributed by atoms with Gasteiger partial charge in [0, 0.05) is 32.6 Å². The first-order chi connectivity index (χ1) is 9.36. The Morgan fingerprint density at radius 1 is 1.10 bits per heavy atom. The molecule has 0 radical (unpaired) electrons. The van der Waals surface area contributed by atoms with E-state index in [1.54, 1.807) is 32.0 Å². The zero-order chi connectivity index (χ0) is 14.9. The molecule has 0 bridgehead atoms. The number of hydrogen-bond acceptors (Lipinski definition) is 3. The molecule has 20 heavy (non-hydrogen) atoms. The number of aliphatic carboxylic acids is 1. The van der Waals surface area contributed by atoms with Crippen molar-refractivity contribution in [2.45, 2.75) is 20.3 Å². The summed E-state index contributed by atoms with van der Waals surface area (Å²) in [4.78, 5) is 19.5. The van der Waals surface area contributed by atoms with E-state index in [1.165, 1.54) is 0 Å². The Morgan fingerprint density at radius 3 is 2.05 bits per heavy atom. The summed E-state index contributed by atoms with van der Waals surface area (Å²) in [5.74, 6) is -0.420. The first-order valence-corrected chi connectivity index (χ1v) is 6.65. The van der Waals surface area contributed by atoms with Gasteiger partial charge in [-0.2, -0.15) is 0 Å². The van der Waals surface area contributed by atoms with Gasteiger partial charge in [-0.25, -0.2) is 9.97 Å². The van der Waals surface area contributed by atoms with E-state index in [0.717, 1.165) is 0 Å². The number of rotatable bonds is 3. The van der Waals surface area contributed by atoms with Gasteiger partial charge in [0.15, 0.2) is 5.82 Å². The number of hydrogen-bond donors (Lipinski definition) is 1. The number of carboxylic acids is 1. The van der Waals surface area contributed by atoms with Crippen LogP contribution in [0.5, 0.6) is 0 Å². The highest BCUT2D eigenvalue weighted by atomic mass is 35.5. The van der Waals surface area contributed by atoms with E-state index in [1.807, 2.05) is 0 Å². The number of aromatic nitrogens is 2. The van der Waals surface area contributed by atoms with Crippen molar-refractivity contribution in [3.05, 3.63) is 45.2 Å². The van der Waals surface area contributed by atoms with Gasteiger partial charge in [-0.15, -0.1) is 0 Å². The van der Waals surface area contributed by atoms with Crippen molar-refractivity contribution in [3.63, 3.8) is 0 Å². The Bertz CT molecular complexity index is 644. The van der Waals surface area contributed by atoms with Gasteiger partial charge in [-0.05, 0) is 32.0 Å². The Kier molecular flexibility index (Phi) is 4.26. The molecule has 0 atom stereocenters. The van der Waals surface area contributed by atoms with Crippen LogP contribution in [0.2, 0.25) is 10.0 Å². The summed E-state index contributed by atoms with van der Waals surface area (Å²) in [6.45, 7) is 3.53. The van der Waals surface area contributed by atoms with Crippen molar-refractivity contribution in [1.82, 2.24) is 9.97 Å². The standard InChI is InChI=1S/C14H12Cl2N2O2/c1-7-12(6-13(19)20)8(2)18-14(17-7)9-3-10(15)5-11(16)4-9/h3-5H,6H2,1-2H3,(H,19,20). The molecule has 0 aliphatic carbocycles. The molecule has 6 heteroatoms. The quantitative estimate of drug-likeness (QED) is 0.939. The number of aryl methyl sites for hydroxylation is 2. The summed E-state index contributed by atoms with van der Waals surface area (Å²) >= 11 is 11.9. The maximum atomic E-state index is 10.8. The van der Waals surface area contributed by atoms with Crippen LogP contribution in [0, 0.1) is 13.8 Å². The number of nitrogens with zero attached hydrogens (tertiary/aromatic N) is 2. The molecule has 1 aromatic carbocycles. The normalized spacial score (nSPS) is 10.6. The zero-order valence-corrected chi connectivity index (χ0v) is 12.5. The van der Waals surface area contributed by atoms with Crippen LogP contribution in [0.1, 0.15) is 17.0 Å². The second kappa shape index (κ2) is 5.77. The molecule has 0 aliphatic rings. The second-order valence-electron chi connectivity index (χ2n) is 4.43. The molecule has 1 aromatic heterocycles. The highest BCUT2D eigenvalue weighted by molar-refractivity contribution is 6.35. The average molecular weight is 311 g/mol. The molecule has 4 nitrogen and oxygen atoms in total. The molecule has 104 valence electrons. The smallest absolute Gasteiger partial charge is 0.307 e. The Balaban J connectivity index is 2.51. The molecule has 0 unspecified atom stereocenters.